The molecule has 0 bridgehead atoms. The standard InChI is InChI=1S/C24H28N2O4/c1-3-4-8-15-29-20-13-11-19(12-14-20)22-21(17(2)25-24(28)26-22)23(27)30-16-18-9-6-5-7-10-18/h5-7,9-14,22H,3-4,8,15-16H2,1-2H3,(H2,25,26,28). The number of ether oxygens (including phenoxy) is 2. The summed E-state index contributed by atoms with van der Waals surface area (Å²) in [5.74, 6) is 0.303. The van der Waals surface area contributed by atoms with Crippen molar-refractivity contribution in [2.75, 3.05) is 6.61 Å². The minimum atomic E-state index is -0.587. The van der Waals surface area contributed by atoms with E-state index in [0.717, 1.165) is 36.1 Å². The predicted molar refractivity (Wildman–Crippen MR) is 115 cm³/mol. The average Bonchev–Trinajstić information content (AvgIpc) is 2.76. The van der Waals surface area contributed by atoms with Crippen LogP contribution in [0.3, 0.4) is 0 Å². The number of hydrogen-bond donors (Lipinski definition) is 2. The molecule has 0 saturated heterocycles. The lowest BCUT2D eigenvalue weighted by Crippen LogP contribution is -2.45. The van der Waals surface area contributed by atoms with Gasteiger partial charge in [-0.1, -0.05) is 62.2 Å². The first-order valence-electron chi connectivity index (χ1n) is 10.3. The maximum atomic E-state index is 12.8. The van der Waals surface area contributed by atoms with E-state index in [2.05, 4.69) is 17.6 Å². The van der Waals surface area contributed by atoms with Gasteiger partial charge in [0, 0.05) is 5.70 Å². The van der Waals surface area contributed by atoms with Crippen molar-refractivity contribution in [1.29, 1.82) is 0 Å². The molecule has 0 radical (unpaired) electrons. The average molecular weight is 408 g/mol. The van der Waals surface area contributed by atoms with Crippen molar-refractivity contribution in [1.82, 2.24) is 10.6 Å². The molecule has 0 fully saturated rings. The van der Waals surface area contributed by atoms with Gasteiger partial charge in [-0.25, -0.2) is 9.59 Å². The summed E-state index contributed by atoms with van der Waals surface area (Å²) in [5.41, 5.74) is 2.57. The fraction of sp³-hybridized carbons (Fsp3) is 0.333. The summed E-state index contributed by atoms with van der Waals surface area (Å²) >= 11 is 0. The third-order valence-electron chi connectivity index (χ3n) is 4.93. The number of amides is 2. The first-order chi connectivity index (χ1) is 14.6. The van der Waals surface area contributed by atoms with Crippen molar-refractivity contribution in [3.05, 3.63) is 77.0 Å². The van der Waals surface area contributed by atoms with Gasteiger partial charge >= 0.3 is 12.0 Å². The Labute approximate surface area is 177 Å². The molecule has 0 aliphatic carbocycles. The molecule has 30 heavy (non-hydrogen) atoms. The summed E-state index contributed by atoms with van der Waals surface area (Å²) in [6.07, 6.45) is 3.30. The van der Waals surface area contributed by atoms with Crippen molar-refractivity contribution in [2.24, 2.45) is 0 Å². The van der Waals surface area contributed by atoms with Gasteiger partial charge in [0.05, 0.1) is 18.2 Å². The normalized spacial score (nSPS) is 15.9. The number of esters is 1. The van der Waals surface area contributed by atoms with Gasteiger partial charge in [0.15, 0.2) is 0 Å². The Bertz CT molecular complexity index is 891. The highest BCUT2D eigenvalue weighted by atomic mass is 16.5. The number of allylic oxidation sites excluding steroid dienone is 1. The second-order valence-electron chi connectivity index (χ2n) is 7.26. The summed E-state index contributed by atoms with van der Waals surface area (Å²) in [4.78, 5) is 24.9. The third-order valence-corrected chi connectivity index (χ3v) is 4.93. The largest absolute Gasteiger partial charge is 0.494 e. The molecule has 6 heteroatoms. The molecule has 2 N–H and O–H groups in total. The smallest absolute Gasteiger partial charge is 0.338 e. The van der Waals surface area contributed by atoms with E-state index in [1.807, 2.05) is 54.6 Å². The van der Waals surface area contributed by atoms with Gasteiger partial charge in [0.2, 0.25) is 0 Å². The van der Waals surface area contributed by atoms with Crippen LogP contribution < -0.4 is 15.4 Å². The first kappa shape index (κ1) is 21.4. The predicted octanol–water partition coefficient (Wildman–Crippen LogP) is 4.63. The fourth-order valence-corrected chi connectivity index (χ4v) is 3.31. The molecule has 1 aliphatic rings. The molecule has 2 amide bonds. The Morgan fingerprint density at radius 3 is 2.47 bits per heavy atom. The van der Waals surface area contributed by atoms with Gasteiger partial charge < -0.3 is 20.1 Å². The zero-order valence-corrected chi connectivity index (χ0v) is 17.4. The molecule has 3 rings (SSSR count). The molecule has 0 aromatic heterocycles. The molecule has 6 nitrogen and oxygen atoms in total. The first-order valence-corrected chi connectivity index (χ1v) is 10.3. The lowest BCUT2D eigenvalue weighted by atomic mass is 9.95. The topological polar surface area (TPSA) is 76.7 Å². The highest BCUT2D eigenvalue weighted by molar-refractivity contribution is 5.95. The number of benzene rings is 2. The van der Waals surface area contributed by atoms with Crippen LogP contribution in [0, 0.1) is 0 Å². The summed E-state index contributed by atoms with van der Waals surface area (Å²) in [5, 5.41) is 5.49. The molecular weight excluding hydrogens is 380 g/mol. The van der Waals surface area contributed by atoms with E-state index in [1.165, 1.54) is 0 Å². The number of rotatable bonds is 9. The van der Waals surface area contributed by atoms with Crippen LogP contribution in [0.15, 0.2) is 65.9 Å². The van der Waals surface area contributed by atoms with Gasteiger partial charge in [-0.15, -0.1) is 0 Å². The van der Waals surface area contributed by atoms with Crippen molar-refractivity contribution in [3.8, 4) is 5.75 Å². The highest BCUT2D eigenvalue weighted by Crippen LogP contribution is 2.29. The lowest BCUT2D eigenvalue weighted by molar-refractivity contribution is -0.140. The van der Waals surface area contributed by atoms with Crippen LogP contribution >= 0.6 is 0 Å². The van der Waals surface area contributed by atoms with Gasteiger partial charge in [-0.3, -0.25) is 0 Å². The van der Waals surface area contributed by atoms with Crippen LogP contribution in [0.4, 0.5) is 4.79 Å². The summed E-state index contributed by atoms with van der Waals surface area (Å²) in [7, 11) is 0. The minimum Gasteiger partial charge on any atom is -0.494 e. The molecule has 0 saturated carbocycles. The maximum absolute atomic E-state index is 12.8. The molecule has 2 aromatic rings. The molecule has 158 valence electrons. The van der Waals surface area contributed by atoms with E-state index in [0.29, 0.717) is 17.9 Å². The second kappa shape index (κ2) is 10.5. The Hall–Kier alpha value is -3.28. The molecule has 1 atom stereocenters. The van der Waals surface area contributed by atoms with Crippen molar-refractivity contribution >= 4 is 12.0 Å². The van der Waals surface area contributed by atoms with Gasteiger partial charge in [0.1, 0.15) is 12.4 Å². The van der Waals surface area contributed by atoms with Crippen LogP contribution in [-0.2, 0) is 16.1 Å². The number of urea groups is 1. The lowest BCUT2D eigenvalue weighted by Gasteiger charge is -2.28. The quantitative estimate of drug-likeness (QED) is 0.469. The molecular formula is C24H28N2O4. The zero-order valence-electron chi connectivity index (χ0n) is 17.4. The van der Waals surface area contributed by atoms with Crippen LogP contribution in [0.25, 0.3) is 0 Å². The van der Waals surface area contributed by atoms with E-state index >= 15 is 0 Å². The maximum Gasteiger partial charge on any atom is 0.338 e. The molecule has 2 aromatic carbocycles. The van der Waals surface area contributed by atoms with Crippen molar-refractivity contribution in [3.63, 3.8) is 0 Å². The molecule has 0 spiro atoms. The Kier molecular flexibility index (Phi) is 7.49. The fourth-order valence-electron chi connectivity index (χ4n) is 3.31. The number of unbranched alkanes of at least 4 members (excludes halogenated alkanes) is 2. The van der Waals surface area contributed by atoms with E-state index in [4.69, 9.17) is 9.47 Å². The number of nitrogens with one attached hydrogen (secondary N) is 2. The zero-order chi connectivity index (χ0) is 21.3. The van der Waals surface area contributed by atoms with Crippen LogP contribution in [0.1, 0.15) is 50.3 Å². The van der Waals surface area contributed by atoms with Crippen molar-refractivity contribution in [2.45, 2.75) is 45.8 Å². The van der Waals surface area contributed by atoms with Gasteiger partial charge in [-0.05, 0) is 36.6 Å². The van der Waals surface area contributed by atoms with E-state index in [9.17, 15) is 9.59 Å². The van der Waals surface area contributed by atoms with E-state index in [-0.39, 0.29) is 12.6 Å². The Morgan fingerprint density at radius 1 is 1.03 bits per heavy atom. The molecule has 1 unspecified atom stereocenters. The van der Waals surface area contributed by atoms with Crippen molar-refractivity contribution < 1.29 is 19.1 Å². The van der Waals surface area contributed by atoms with Crippen LogP contribution in [-0.4, -0.2) is 18.6 Å². The molecule has 1 heterocycles. The third kappa shape index (κ3) is 5.63. The molecule has 1 aliphatic heterocycles. The summed E-state index contributed by atoms with van der Waals surface area (Å²) in [6.45, 7) is 4.70. The number of carbonyl (C=O) groups excluding carboxylic acids is 2. The van der Waals surface area contributed by atoms with E-state index in [1.54, 1.807) is 6.92 Å². The Morgan fingerprint density at radius 2 is 1.77 bits per heavy atom. The monoisotopic (exact) mass is 408 g/mol. The van der Waals surface area contributed by atoms with E-state index < -0.39 is 12.0 Å². The second-order valence-corrected chi connectivity index (χ2v) is 7.26. The van der Waals surface area contributed by atoms with Gasteiger partial charge in [-0.2, -0.15) is 0 Å². The van der Waals surface area contributed by atoms with Crippen LogP contribution in [0.2, 0.25) is 0 Å². The SMILES string of the molecule is CCCCCOc1ccc(C2NC(=O)NC(C)=C2C(=O)OCc2ccccc2)cc1. The summed E-state index contributed by atoms with van der Waals surface area (Å²) < 4.78 is 11.3. The highest BCUT2D eigenvalue weighted by Gasteiger charge is 2.32. The number of hydrogen-bond acceptors (Lipinski definition) is 4. The number of carbonyl (C=O) groups is 2. The summed E-state index contributed by atoms with van der Waals surface area (Å²) in [6, 6.07) is 16.0. The minimum absolute atomic E-state index is 0.168. The van der Waals surface area contributed by atoms with Crippen LogP contribution in [0.5, 0.6) is 5.75 Å². The Balaban J connectivity index is 1.72. The van der Waals surface area contributed by atoms with Gasteiger partial charge in [0.25, 0.3) is 0 Å².